The highest BCUT2D eigenvalue weighted by Gasteiger charge is 2.06. The van der Waals surface area contributed by atoms with Gasteiger partial charge in [-0.2, -0.15) is 0 Å². The van der Waals surface area contributed by atoms with Crippen molar-refractivity contribution in [3.8, 4) is 16.3 Å². The number of hydrogen-bond acceptors (Lipinski definition) is 4. The van der Waals surface area contributed by atoms with E-state index in [4.69, 9.17) is 16.6 Å². The molecular formula is C21H15ClN2OS. The molecule has 26 heavy (non-hydrogen) atoms. The van der Waals surface area contributed by atoms with Gasteiger partial charge in [0.15, 0.2) is 0 Å². The van der Waals surface area contributed by atoms with Crippen molar-refractivity contribution in [1.29, 1.82) is 0 Å². The van der Waals surface area contributed by atoms with Crippen LogP contribution in [0, 0.1) is 6.92 Å². The minimum atomic E-state index is 0.152. The number of thiazole rings is 1. The molecule has 0 radical (unpaired) electrons. The van der Waals surface area contributed by atoms with Gasteiger partial charge in [-0.1, -0.05) is 17.7 Å². The Bertz CT molecular complexity index is 1120. The Morgan fingerprint density at radius 2 is 1.85 bits per heavy atom. The monoisotopic (exact) mass is 378 g/mol. The average molecular weight is 379 g/mol. The first-order valence-corrected chi connectivity index (χ1v) is 9.28. The van der Waals surface area contributed by atoms with Gasteiger partial charge in [0.25, 0.3) is 0 Å². The first-order chi connectivity index (χ1) is 12.6. The summed E-state index contributed by atoms with van der Waals surface area (Å²) in [5, 5.41) is 11.4. The van der Waals surface area contributed by atoms with Gasteiger partial charge in [0, 0.05) is 22.4 Å². The quantitative estimate of drug-likeness (QED) is 0.420. The second-order valence-electron chi connectivity index (χ2n) is 6.00. The smallest absolute Gasteiger partial charge is 0.124 e. The van der Waals surface area contributed by atoms with Crippen LogP contribution < -0.4 is 0 Å². The molecule has 0 unspecified atom stereocenters. The minimum Gasteiger partial charge on any atom is -0.507 e. The van der Waals surface area contributed by atoms with Gasteiger partial charge in [-0.3, -0.25) is 4.99 Å². The minimum absolute atomic E-state index is 0.152. The summed E-state index contributed by atoms with van der Waals surface area (Å²) >= 11 is 7.64. The van der Waals surface area contributed by atoms with Crippen LogP contribution in [-0.4, -0.2) is 16.3 Å². The molecule has 0 aliphatic carbocycles. The highest BCUT2D eigenvalue weighted by molar-refractivity contribution is 7.21. The van der Waals surface area contributed by atoms with Crippen LogP contribution in [0.25, 0.3) is 20.8 Å². The van der Waals surface area contributed by atoms with Crippen LogP contribution in [0.4, 0.5) is 5.69 Å². The molecule has 0 saturated carbocycles. The summed E-state index contributed by atoms with van der Waals surface area (Å²) in [6.45, 7) is 2.09. The Labute approximate surface area is 160 Å². The molecule has 4 aromatic rings. The topological polar surface area (TPSA) is 45.5 Å². The fourth-order valence-corrected chi connectivity index (χ4v) is 3.87. The first-order valence-electron chi connectivity index (χ1n) is 8.09. The maximum atomic E-state index is 9.84. The van der Waals surface area contributed by atoms with Crippen LogP contribution in [0.5, 0.6) is 5.75 Å². The van der Waals surface area contributed by atoms with E-state index in [0.29, 0.717) is 10.6 Å². The molecule has 3 aromatic carbocycles. The molecule has 0 aliphatic rings. The molecule has 0 bridgehead atoms. The first kappa shape index (κ1) is 16.8. The molecule has 3 nitrogen and oxygen atoms in total. The van der Waals surface area contributed by atoms with Gasteiger partial charge in [-0.25, -0.2) is 4.98 Å². The largest absolute Gasteiger partial charge is 0.507 e. The van der Waals surface area contributed by atoms with E-state index in [1.807, 2.05) is 24.3 Å². The van der Waals surface area contributed by atoms with E-state index >= 15 is 0 Å². The number of aliphatic imine (C=N–C) groups is 1. The van der Waals surface area contributed by atoms with E-state index in [2.05, 4.69) is 30.1 Å². The molecule has 0 spiro atoms. The number of benzene rings is 3. The highest BCUT2D eigenvalue weighted by atomic mass is 35.5. The summed E-state index contributed by atoms with van der Waals surface area (Å²) < 4.78 is 1.19. The van der Waals surface area contributed by atoms with Gasteiger partial charge >= 0.3 is 0 Å². The fraction of sp³-hybridized carbons (Fsp3) is 0.0476. The Kier molecular flexibility index (Phi) is 4.45. The highest BCUT2D eigenvalue weighted by Crippen LogP contribution is 2.31. The normalized spacial score (nSPS) is 11.5. The third-order valence-corrected chi connectivity index (χ3v) is 5.30. The van der Waals surface area contributed by atoms with Crippen LogP contribution in [-0.2, 0) is 0 Å². The molecule has 0 amide bonds. The lowest BCUT2D eigenvalue weighted by atomic mass is 10.2. The number of nitrogens with zero attached hydrogens (tertiary/aromatic N) is 2. The molecule has 0 atom stereocenters. The second-order valence-corrected chi connectivity index (χ2v) is 7.47. The van der Waals surface area contributed by atoms with E-state index in [1.54, 1.807) is 35.8 Å². The summed E-state index contributed by atoms with van der Waals surface area (Å²) in [7, 11) is 0. The van der Waals surface area contributed by atoms with Crippen molar-refractivity contribution in [2.24, 2.45) is 4.99 Å². The molecule has 128 valence electrons. The number of aromatic nitrogens is 1. The number of halogens is 1. The lowest BCUT2D eigenvalue weighted by molar-refractivity contribution is 0.474. The van der Waals surface area contributed by atoms with Crippen molar-refractivity contribution in [3.05, 3.63) is 76.8 Å². The van der Waals surface area contributed by atoms with E-state index in [9.17, 15) is 5.11 Å². The van der Waals surface area contributed by atoms with Crippen molar-refractivity contribution >= 4 is 45.1 Å². The number of hydrogen-bond donors (Lipinski definition) is 1. The van der Waals surface area contributed by atoms with Gasteiger partial charge in [0.1, 0.15) is 10.8 Å². The number of rotatable bonds is 3. The summed E-state index contributed by atoms with van der Waals surface area (Å²) in [6.07, 6.45) is 1.61. The molecule has 0 aliphatic heterocycles. The van der Waals surface area contributed by atoms with E-state index < -0.39 is 0 Å². The van der Waals surface area contributed by atoms with Crippen LogP contribution in [0.15, 0.2) is 65.7 Å². The molecule has 4 rings (SSSR count). The van der Waals surface area contributed by atoms with Crippen LogP contribution in [0.3, 0.4) is 0 Å². The number of phenolic OH excluding ortho intramolecular Hbond substituents is 1. The maximum absolute atomic E-state index is 9.84. The second kappa shape index (κ2) is 6.90. The zero-order valence-electron chi connectivity index (χ0n) is 14.0. The summed E-state index contributed by atoms with van der Waals surface area (Å²) in [4.78, 5) is 9.11. The van der Waals surface area contributed by atoms with Crippen LogP contribution in [0.1, 0.15) is 11.1 Å². The standard InChI is InChI=1S/C21H15ClN2OS/c1-13-2-8-18-20(10-13)26-21(24-18)14-3-6-17(7-4-14)23-12-15-11-16(22)5-9-19(15)25/h2-12,25H,1H3. The van der Waals surface area contributed by atoms with Gasteiger partial charge < -0.3 is 5.11 Å². The predicted molar refractivity (Wildman–Crippen MR) is 110 cm³/mol. The van der Waals surface area contributed by atoms with Crippen molar-refractivity contribution in [3.63, 3.8) is 0 Å². The Balaban J connectivity index is 1.59. The van der Waals surface area contributed by atoms with Crippen molar-refractivity contribution in [2.45, 2.75) is 6.92 Å². The lowest BCUT2D eigenvalue weighted by Crippen LogP contribution is -1.82. The maximum Gasteiger partial charge on any atom is 0.124 e. The molecule has 1 aromatic heterocycles. The number of aromatic hydroxyl groups is 1. The molecule has 1 heterocycles. The van der Waals surface area contributed by atoms with E-state index in [0.717, 1.165) is 21.8 Å². The van der Waals surface area contributed by atoms with E-state index in [-0.39, 0.29) is 5.75 Å². The van der Waals surface area contributed by atoms with Gasteiger partial charge in [-0.05, 0) is 67.1 Å². The van der Waals surface area contributed by atoms with Crippen LogP contribution in [0.2, 0.25) is 5.02 Å². The molecule has 0 saturated heterocycles. The third kappa shape index (κ3) is 3.47. The Hall–Kier alpha value is -2.69. The summed E-state index contributed by atoms with van der Waals surface area (Å²) in [5.41, 5.74) is 4.71. The van der Waals surface area contributed by atoms with Crippen molar-refractivity contribution < 1.29 is 5.11 Å². The predicted octanol–water partition coefficient (Wildman–Crippen LogP) is 6.38. The number of fused-ring (bicyclic) bond motifs is 1. The SMILES string of the molecule is Cc1ccc2nc(-c3ccc(N=Cc4cc(Cl)ccc4O)cc3)sc2c1. The van der Waals surface area contributed by atoms with Crippen molar-refractivity contribution in [1.82, 2.24) is 4.98 Å². The summed E-state index contributed by atoms with van der Waals surface area (Å²) in [5.74, 6) is 0.152. The summed E-state index contributed by atoms with van der Waals surface area (Å²) in [6, 6.07) is 19.1. The zero-order chi connectivity index (χ0) is 18.1. The molecule has 5 heteroatoms. The zero-order valence-corrected chi connectivity index (χ0v) is 15.6. The Morgan fingerprint density at radius 3 is 2.65 bits per heavy atom. The van der Waals surface area contributed by atoms with Gasteiger partial charge in [0.2, 0.25) is 0 Å². The van der Waals surface area contributed by atoms with Crippen LogP contribution >= 0.6 is 22.9 Å². The number of phenols is 1. The average Bonchev–Trinajstić information content (AvgIpc) is 3.06. The lowest BCUT2D eigenvalue weighted by Gasteiger charge is -2.00. The number of aryl methyl sites for hydroxylation is 1. The molecule has 1 N–H and O–H groups in total. The fourth-order valence-electron chi connectivity index (χ4n) is 2.62. The third-order valence-electron chi connectivity index (χ3n) is 4.00. The molecule has 0 fully saturated rings. The van der Waals surface area contributed by atoms with Gasteiger partial charge in [0.05, 0.1) is 15.9 Å². The van der Waals surface area contributed by atoms with Gasteiger partial charge in [-0.15, -0.1) is 11.3 Å². The molecular weight excluding hydrogens is 364 g/mol. The Morgan fingerprint density at radius 1 is 1.04 bits per heavy atom. The van der Waals surface area contributed by atoms with E-state index in [1.165, 1.54) is 10.3 Å². The van der Waals surface area contributed by atoms with Crippen molar-refractivity contribution in [2.75, 3.05) is 0 Å².